The zero-order chi connectivity index (χ0) is 13.8. The van der Waals surface area contributed by atoms with Gasteiger partial charge in [-0.3, -0.25) is 10.1 Å². The summed E-state index contributed by atoms with van der Waals surface area (Å²) in [6.45, 7) is 1.75. The van der Waals surface area contributed by atoms with E-state index in [0.29, 0.717) is 17.1 Å². The molecule has 5 heteroatoms. The maximum Gasteiger partial charge on any atom is 0.311 e. The molecule has 19 heavy (non-hydrogen) atoms. The summed E-state index contributed by atoms with van der Waals surface area (Å²) in [6, 6.07) is 12.2. The van der Waals surface area contributed by atoms with Crippen LogP contribution in [0.2, 0.25) is 0 Å². The van der Waals surface area contributed by atoms with E-state index in [1.165, 1.54) is 19.2 Å². The van der Waals surface area contributed by atoms with Gasteiger partial charge in [-0.15, -0.1) is 0 Å². The van der Waals surface area contributed by atoms with Gasteiger partial charge in [0.2, 0.25) is 5.75 Å². The summed E-state index contributed by atoms with van der Waals surface area (Å²) >= 11 is 0. The highest BCUT2D eigenvalue weighted by atomic mass is 16.6. The van der Waals surface area contributed by atoms with Gasteiger partial charge in [0.25, 0.3) is 0 Å². The molecule has 98 valence electrons. The van der Waals surface area contributed by atoms with Crippen molar-refractivity contribution in [1.82, 2.24) is 0 Å². The number of hydrogen-bond acceptors (Lipinski definition) is 4. The fraction of sp³-hybridized carbons (Fsp3) is 0.143. The van der Waals surface area contributed by atoms with Crippen molar-refractivity contribution in [3.05, 3.63) is 58.1 Å². The number of para-hydroxylation sites is 1. The summed E-state index contributed by atoms with van der Waals surface area (Å²) in [4.78, 5) is 10.4. The number of methoxy groups -OCH3 is 1. The van der Waals surface area contributed by atoms with E-state index in [0.717, 1.165) is 0 Å². The van der Waals surface area contributed by atoms with Gasteiger partial charge in [-0.25, -0.2) is 0 Å². The van der Waals surface area contributed by atoms with Gasteiger partial charge in [0, 0.05) is 12.1 Å². The smallest absolute Gasteiger partial charge is 0.311 e. The van der Waals surface area contributed by atoms with Crippen LogP contribution in [0.4, 0.5) is 5.69 Å². The van der Waals surface area contributed by atoms with Gasteiger partial charge < -0.3 is 9.47 Å². The van der Waals surface area contributed by atoms with Crippen molar-refractivity contribution in [3.8, 4) is 17.2 Å². The van der Waals surface area contributed by atoms with Crippen LogP contribution in [0.1, 0.15) is 5.56 Å². The minimum Gasteiger partial charge on any atom is -0.490 e. The highest BCUT2D eigenvalue weighted by Crippen LogP contribution is 2.35. The highest BCUT2D eigenvalue weighted by molar-refractivity contribution is 5.55. The Bertz CT molecular complexity index is 596. The topological polar surface area (TPSA) is 61.6 Å². The SMILES string of the molecule is COc1cc(Oc2ccccc2)c(C)cc1[N+](=O)[O-]. The summed E-state index contributed by atoms with van der Waals surface area (Å²) in [7, 11) is 1.39. The van der Waals surface area contributed by atoms with Gasteiger partial charge in [0.05, 0.1) is 12.0 Å². The van der Waals surface area contributed by atoms with E-state index in [2.05, 4.69) is 0 Å². The van der Waals surface area contributed by atoms with Crippen molar-refractivity contribution in [2.24, 2.45) is 0 Å². The molecule has 0 aromatic heterocycles. The minimum atomic E-state index is -0.474. The number of nitro groups is 1. The van der Waals surface area contributed by atoms with Crippen molar-refractivity contribution in [3.63, 3.8) is 0 Å². The Morgan fingerprint density at radius 3 is 2.37 bits per heavy atom. The summed E-state index contributed by atoms with van der Waals surface area (Å²) in [5, 5.41) is 10.9. The second-order valence-electron chi connectivity index (χ2n) is 3.96. The largest absolute Gasteiger partial charge is 0.490 e. The molecule has 0 aliphatic rings. The maximum absolute atomic E-state index is 10.9. The van der Waals surface area contributed by atoms with Crippen LogP contribution in [0.15, 0.2) is 42.5 Å². The first-order valence-corrected chi connectivity index (χ1v) is 5.67. The molecule has 5 nitrogen and oxygen atoms in total. The van der Waals surface area contributed by atoms with Gasteiger partial charge in [-0.2, -0.15) is 0 Å². The molecule has 0 fully saturated rings. The quantitative estimate of drug-likeness (QED) is 0.620. The van der Waals surface area contributed by atoms with E-state index in [1.54, 1.807) is 6.92 Å². The first-order valence-electron chi connectivity index (χ1n) is 5.67. The molecular weight excluding hydrogens is 246 g/mol. The Kier molecular flexibility index (Phi) is 3.66. The molecule has 2 rings (SSSR count). The van der Waals surface area contributed by atoms with Crippen LogP contribution in [0.5, 0.6) is 17.2 Å². The molecule has 0 atom stereocenters. The lowest BCUT2D eigenvalue weighted by Crippen LogP contribution is -1.96. The Hall–Kier alpha value is -2.56. The van der Waals surface area contributed by atoms with Crippen molar-refractivity contribution >= 4 is 5.69 Å². The molecule has 2 aromatic carbocycles. The molecule has 0 aliphatic heterocycles. The summed E-state index contributed by atoms with van der Waals surface area (Å²) < 4.78 is 10.7. The van der Waals surface area contributed by atoms with E-state index < -0.39 is 4.92 Å². The number of ether oxygens (including phenoxy) is 2. The fourth-order valence-corrected chi connectivity index (χ4v) is 1.69. The van der Waals surface area contributed by atoms with Crippen LogP contribution in [-0.4, -0.2) is 12.0 Å². The average Bonchev–Trinajstić information content (AvgIpc) is 2.41. The van der Waals surface area contributed by atoms with Crippen LogP contribution < -0.4 is 9.47 Å². The Labute approximate surface area is 110 Å². The number of benzene rings is 2. The van der Waals surface area contributed by atoms with E-state index in [4.69, 9.17) is 9.47 Å². The van der Waals surface area contributed by atoms with E-state index in [-0.39, 0.29) is 11.4 Å². The predicted octanol–water partition coefficient (Wildman–Crippen LogP) is 3.70. The predicted molar refractivity (Wildman–Crippen MR) is 70.9 cm³/mol. The average molecular weight is 259 g/mol. The Balaban J connectivity index is 2.39. The highest BCUT2D eigenvalue weighted by Gasteiger charge is 2.18. The molecule has 0 saturated carbocycles. The molecule has 0 heterocycles. The van der Waals surface area contributed by atoms with Gasteiger partial charge in [-0.05, 0) is 24.6 Å². The summed E-state index contributed by atoms with van der Waals surface area (Å²) in [5.41, 5.74) is 0.608. The molecule has 0 aliphatic carbocycles. The molecule has 0 N–H and O–H groups in total. The molecule has 0 spiro atoms. The number of aryl methyl sites for hydroxylation is 1. The number of rotatable bonds is 4. The maximum atomic E-state index is 10.9. The lowest BCUT2D eigenvalue weighted by atomic mass is 10.2. The third kappa shape index (κ3) is 2.82. The van der Waals surface area contributed by atoms with E-state index >= 15 is 0 Å². The van der Waals surface area contributed by atoms with Crippen LogP contribution in [0.3, 0.4) is 0 Å². The second kappa shape index (κ2) is 5.39. The normalized spacial score (nSPS) is 10.0. The second-order valence-corrected chi connectivity index (χ2v) is 3.96. The molecule has 0 unspecified atom stereocenters. The van der Waals surface area contributed by atoms with Crippen molar-refractivity contribution in [2.45, 2.75) is 6.92 Å². The third-order valence-corrected chi connectivity index (χ3v) is 2.64. The molecule has 0 saturated heterocycles. The van der Waals surface area contributed by atoms with Crippen LogP contribution in [0.25, 0.3) is 0 Å². The monoisotopic (exact) mass is 259 g/mol. The van der Waals surface area contributed by atoms with Crippen molar-refractivity contribution < 1.29 is 14.4 Å². The Morgan fingerprint density at radius 1 is 1.11 bits per heavy atom. The minimum absolute atomic E-state index is 0.0691. The van der Waals surface area contributed by atoms with Gasteiger partial charge in [0.1, 0.15) is 11.5 Å². The van der Waals surface area contributed by atoms with Crippen LogP contribution in [-0.2, 0) is 0 Å². The van der Waals surface area contributed by atoms with Gasteiger partial charge in [-0.1, -0.05) is 18.2 Å². The number of nitrogens with zero attached hydrogens (tertiary/aromatic N) is 1. The summed E-state index contributed by atoms with van der Waals surface area (Å²) in [6.07, 6.45) is 0. The number of nitro benzene ring substituents is 1. The fourth-order valence-electron chi connectivity index (χ4n) is 1.69. The molecule has 2 aromatic rings. The lowest BCUT2D eigenvalue weighted by Gasteiger charge is -2.10. The zero-order valence-corrected chi connectivity index (χ0v) is 10.6. The van der Waals surface area contributed by atoms with Crippen LogP contribution in [0, 0.1) is 17.0 Å². The molecule has 0 radical (unpaired) electrons. The Morgan fingerprint density at radius 2 is 1.79 bits per heavy atom. The van der Waals surface area contributed by atoms with Gasteiger partial charge >= 0.3 is 5.69 Å². The first kappa shape index (κ1) is 12.9. The van der Waals surface area contributed by atoms with Crippen molar-refractivity contribution in [1.29, 1.82) is 0 Å². The molecular formula is C14H13NO4. The molecule has 0 amide bonds. The standard InChI is InChI=1S/C14H13NO4/c1-10-8-12(15(16)17)14(18-2)9-13(10)19-11-6-4-3-5-7-11/h3-9H,1-2H3. The van der Waals surface area contributed by atoms with E-state index in [1.807, 2.05) is 30.3 Å². The van der Waals surface area contributed by atoms with Crippen molar-refractivity contribution in [2.75, 3.05) is 7.11 Å². The number of hydrogen-bond donors (Lipinski definition) is 0. The van der Waals surface area contributed by atoms with Gasteiger partial charge in [0.15, 0.2) is 0 Å². The summed E-state index contributed by atoms with van der Waals surface area (Å²) in [5.74, 6) is 1.39. The first-order chi connectivity index (χ1) is 9.11. The lowest BCUT2D eigenvalue weighted by molar-refractivity contribution is -0.385. The van der Waals surface area contributed by atoms with Crippen LogP contribution >= 0.6 is 0 Å². The third-order valence-electron chi connectivity index (χ3n) is 2.64. The zero-order valence-electron chi connectivity index (χ0n) is 10.6. The molecule has 0 bridgehead atoms. The van der Waals surface area contributed by atoms with E-state index in [9.17, 15) is 10.1 Å².